The van der Waals surface area contributed by atoms with E-state index in [1.54, 1.807) is 30.3 Å². The van der Waals surface area contributed by atoms with Crippen LogP contribution in [0.5, 0.6) is 11.5 Å². The maximum absolute atomic E-state index is 12.9. The molecular formula is C26H19BrINO5S. The Balaban J connectivity index is 1.55. The molecule has 0 radical (unpaired) electrons. The van der Waals surface area contributed by atoms with Crippen molar-refractivity contribution in [3.63, 3.8) is 0 Å². The van der Waals surface area contributed by atoms with Crippen LogP contribution in [0.2, 0.25) is 0 Å². The molecule has 1 saturated heterocycles. The number of carbonyl (C=O) groups is 3. The second-order valence-corrected chi connectivity index (χ2v) is 10.8. The molecular weight excluding hydrogens is 645 g/mol. The number of methoxy groups -OCH3 is 1. The average Bonchev–Trinajstić information content (AvgIpc) is 3.09. The fourth-order valence-electron chi connectivity index (χ4n) is 3.32. The van der Waals surface area contributed by atoms with Crippen molar-refractivity contribution in [3.05, 3.63) is 95.9 Å². The van der Waals surface area contributed by atoms with Crippen LogP contribution in [-0.2, 0) is 11.3 Å². The average molecular weight is 664 g/mol. The van der Waals surface area contributed by atoms with Crippen molar-refractivity contribution in [2.24, 2.45) is 0 Å². The minimum atomic E-state index is -0.520. The minimum absolute atomic E-state index is 0.208. The summed E-state index contributed by atoms with van der Waals surface area (Å²) in [4.78, 5) is 39.6. The van der Waals surface area contributed by atoms with Gasteiger partial charge >= 0.3 is 5.97 Å². The Morgan fingerprint density at radius 1 is 1.09 bits per heavy atom. The first-order valence-electron chi connectivity index (χ1n) is 10.4. The smallest absolute Gasteiger partial charge is 0.343 e. The van der Waals surface area contributed by atoms with Crippen LogP contribution in [0.3, 0.4) is 0 Å². The van der Waals surface area contributed by atoms with Crippen LogP contribution in [0.1, 0.15) is 27.0 Å². The van der Waals surface area contributed by atoms with Crippen LogP contribution < -0.4 is 9.47 Å². The molecule has 35 heavy (non-hydrogen) atoms. The zero-order chi connectivity index (χ0) is 25.1. The molecule has 1 fully saturated rings. The lowest BCUT2D eigenvalue weighted by Crippen LogP contribution is -2.27. The first-order valence-corrected chi connectivity index (χ1v) is 13.1. The van der Waals surface area contributed by atoms with Gasteiger partial charge in [-0.2, -0.15) is 0 Å². The summed E-state index contributed by atoms with van der Waals surface area (Å²) in [6, 6.07) is 18.1. The normalized spacial score (nSPS) is 14.5. The third kappa shape index (κ3) is 5.96. The first-order chi connectivity index (χ1) is 16.7. The van der Waals surface area contributed by atoms with Crippen LogP contribution >= 0.6 is 50.3 Å². The van der Waals surface area contributed by atoms with E-state index in [-0.39, 0.29) is 23.4 Å². The van der Waals surface area contributed by atoms with E-state index in [9.17, 15) is 14.4 Å². The summed E-state index contributed by atoms with van der Waals surface area (Å²) in [7, 11) is 1.46. The van der Waals surface area contributed by atoms with Crippen molar-refractivity contribution in [2.45, 2.75) is 13.5 Å². The molecule has 4 rings (SSSR count). The molecule has 0 spiro atoms. The zero-order valence-electron chi connectivity index (χ0n) is 18.7. The molecule has 0 N–H and O–H groups in total. The Morgan fingerprint density at radius 2 is 1.77 bits per heavy atom. The molecule has 178 valence electrons. The van der Waals surface area contributed by atoms with Crippen LogP contribution in [0.4, 0.5) is 4.79 Å². The number of ether oxygens (including phenoxy) is 2. The molecule has 0 saturated carbocycles. The SMILES string of the molecule is COc1cc(/C=C2\SC(=O)N(Cc3ccc(I)cc3)C2=O)cc(Br)c1OC(=O)c1ccc(C)cc1. The standard InChI is InChI=1S/C26H19BrINO5S/c1-15-3-7-18(8-4-15)25(31)34-23-20(27)11-17(12-21(23)33-2)13-22-24(30)29(26(32)35-22)14-16-5-9-19(28)10-6-16/h3-13H,14H2,1-2H3/b22-13-. The number of hydrogen-bond donors (Lipinski definition) is 0. The molecule has 0 bridgehead atoms. The maximum atomic E-state index is 12.9. The summed E-state index contributed by atoms with van der Waals surface area (Å²) in [6.45, 7) is 2.14. The predicted molar refractivity (Wildman–Crippen MR) is 148 cm³/mol. The lowest BCUT2D eigenvalue weighted by Gasteiger charge is -2.13. The van der Waals surface area contributed by atoms with E-state index in [0.29, 0.717) is 26.3 Å². The second kappa shape index (κ2) is 11.0. The number of benzene rings is 3. The highest BCUT2D eigenvalue weighted by Crippen LogP contribution is 2.39. The number of thioether (sulfide) groups is 1. The van der Waals surface area contributed by atoms with E-state index in [1.807, 2.05) is 43.3 Å². The molecule has 3 aromatic rings. The number of rotatable bonds is 6. The highest BCUT2D eigenvalue weighted by molar-refractivity contribution is 14.1. The third-order valence-electron chi connectivity index (χ3n) is 5.16. The van der Waals surface area contributed by atoms with Crippen molar-refractivity contribution in [1.29, 1.82) is 0 Å². The van der Waals surface area contributed by atoms with Crippen LogP contribution in [-0.4, -0.2) is 29.1 Å². The van der Waals surface area contributed by atoms with E-state index < -0.39 is 5.97 Å². The topological polar surface area (TPSA) is 72.9 Å². The number of aryl methyl sites for hydroxylation is 1. The summed E-state index contributed by atoms with van der Waals surface area (Å²) in [5.41, 5.74) is 2.94. The van der Waals surface area contributed by atoms with Crippen molar-refractivity contribution >= 4 is 73.5 Å². The number of amides is 2. The van der Waals surface area contributed by atoms with E-state index >= 15 is 0 Å². The van der Waals surface area contributed by atoms with E-state index in [1.165, 1.54) is 12.0 Å². The Bertz CT molecular complexity index is 1340. The first kappa shape index (κ1) is 25.5. The summed E-state index contributed by atoms with van der Waals surface area (Å²) in [5.74, 6) is -0.344. The molecule has 6 nitrogen and oxygen atoms in total. The third-order valence-corrected chi connectivity index (χ3v) is 7.37. The van der Waals surface area contributed by atoms with Gasteiger partial charge in [0.25, 0.3) is 11.1 Å². The number of nitrogens with zero attached hydrogens (tertiary/aromatic N) is 1. The van der Waals surface area contributed by atoms with Gasteiger partial charge in [0.05, 0.1) is 28.6 Å². The van der Waals surface area contributed by atoms with Crippen LogP contribution in [0.15, 0.2) is 70.0 Å². The van der Waals surface area contributed by atoms with E-state index in [2.05, 4.69) is 38.5 Å². The molecule has 3 aromatic carbocycles. The van der Waals surface area contributed by atoms with Crippen LogP contribution in [0.25, 0.3) is 6.08 Å². The summed E-state index contributed by atoms with van der Waals surface area (Å²) in [5, 5.41) is -0.325. The molecule has 2 amide bonds. The zero-order valence-corrected chi connectivity index (χ0v) is 23.3. The molecule has 0 aliphatic carbocycles. The minimum Gasteiger partial charge on any atom is -0.493 e. The largest absolute Gasteiger partial charge is 0.493 e. The quantitative estimate of drug-likeness (QED) is 0.125. The van der Waals surface area contributed by atoms with Crippen molar-refractivity contribution in [2.75, 3.05) is 7.11 Å². The van der Waals surface area contributed by atoms with Gasteiger partial charge in [-0.25, -0.2) is 4.79 Å². The molecule has 1 aliphatic heterocycles. The van der Waals surface area contributed by atoms with Gasteiger partial charge in [-0.1, -0.05) is 29.8 Å². The Hall–Kier alpha value is -2.63. The predicted octanol–water partition coefficient (Wildman–Crippen LogP) is 6.83. The van der Waals surface area contributed by atoms with Gasteiger partial charge in [-0.05, 0) is 111 Å². The fourth-order valence-corrected chi connectivity index (χ4v) is 5.06. The summed E-state index contributed by atoms with van der Waals surface area (Å²) < 4.78 is 12.6. The summed E-state index contributed by atoms with van der Waals surface area (Å²) in [6.07, 6.45) is 1.62. The lowest BCUT2D eigenvalue weighted by molar-refractivity contribution is -0.123. The Morgan fingerprint density at radius 3 is 2.43 bits per heavy atom. The fraction of sp³-hybridized carbons (Fsp3) is 0.115. The molecule has 1 aliphatic rings. The van der Waals surface area contributed by atoms with Gasteiger partial charge in [0.2, 0.25) is 0 Å². The number of imide groups is 1. The van der Waals surface area contributed by atoms with Crippen LogP contribution in [0, 0.1) is 10.5 Å². The van der Waals surface area contributed by atoms with E-state index in [4.69, 9.17) is 9.47 Å². The summed E-state index contributed by atoms with van der Waals surface area (Å²) >= 11 is 6.52. The molecule has 0 aromatic heterocycles. The molecule has 0 atom stereocenters. The van der Waals surface area contributed by atoms with Crippen molar-refractivity contribution < 1.29 is 23.9 Å². The number of halogens is 2. The van der Waals surface area contributed by atoms with Gasteiger partial charge < -0.3 is 9.47 Å². The van der Waals surface area contributed by atoms with Gasteiger partial charge in [0.1, 0.15) is 0 Å². The molecule has 1 heterocycles. The van der Waals surface area contributed by atoms with Crippen molar-refractivity contribution in [1.82, 2.24) is 4.90 Å². The Kier molecular flexibility index (Phi) is 7.98. The number of esters is 1. The lowest BCUT2D eigenvalue weighted by atomic mass is 10.1. The van der Waals surface area contributed by atoms with Crippen molar-refractivity contribution in [3.8, 4) is 11.5 Å². The maximum Gasteiger partial charge on any atom is 0.343 e. The van der Waals surface area contributed by atoms with Gasteiger partial charge in [-0.3, -0.25) is 14.5 Å². The molecule has 9 heteroatoms. The Labute approximate surface area is 228 Å². The highest BCUT2D eigenvalue weighted by atomic mass is 127. The monoisotopic (exact) mass is 663 g/mol. The van der Waals surface area contributed by atoms with Gasteiger partial charge in [0.15, 0.2) is 11.5 Å². The highest BCUT2D eigenvalue weighted by Gasteiger charge is 2.35. The van der Waals surface area contributed by atoms with Gasteiger partial charge in [0, 0.05) is 3.57 Å². The number of carbonyl (C=O) groups excluding carboxylic acids is 3. The molecule has 0 unspecified atom stereocenters. The number of hydrogen-bond acceptors (Lipinski definition) is 6. The van der Waals surface area contributed by atoms with Gasteiger partial charge in [-0.15, -0.1) is 0 Å². The second-order valence-electron chi connectivity index (χ2n) is 7.68. The van der Waals surface area contributed by atoms with E-state index in [0.717, 1.165) is 26.5 Å².